The fraction of sp³-hybridized carbons (Fsp3) is 0.250. The summed E-state index contributed by atoms with van der Waals surface area (Å²) in [4.78, 5) is 0. The van der Waals surface area contributed by atoms with E-state index < -0.39 is 0 Å². The minimum absolute atomic E-state index is 0.222. The molecule has 0 heterocycles. The molecule has 0 saturated carbocycles. The number of benzene rings is 2. The average Bonchev–Trinajstić information content (AvgIpc) is 2.39. The number of halogens is 2. The van der Waals surface area contributed by atoms with Crippen molar-refractivity contribution in [3.8, 4) is 0 Å². The largest absolute Gasteiger partial charge is 0.320 e. The molecule has 1 atom stereocenters. The predicted octanol–water partition coefficient (Wildman–Crippen LogP) is 4.99. The SMILES string of the molecule is CCCc1ccc(C(N)c2ccc(Cl)cc2Cl)cc1. The maximum absolute atomic E-state index is 6.26. The van der Waals surface area contributed by atoms with Crippen LogP contribution < -0.4 is 5.73 Å². The van der Waals surface area contributed by atoms with Crippen molar-refractivity contribution in [3.63, 3.8) is 0 Å². The lowest BCUT2D eigenvalue weighted by Crippen LogP contribution is -2.12. The van der Waals surface area contributed by atoms with E-state index in [0.29, 0.717) is 10.0 Å². The van der Waals surface area contributed by atoms with E-state index in [1.807, 2.05) is 12.1 Å². The minimum Gasteiger partial charge on any atom is -0.320 e. The van der Waals surface area contributed by atoms with Gasteiger partial charge in [0, 0.05) is 10.0 Å². The Labute approximate surface area is 124 Å². The topological polar surface area (TPSA) is 26.0 Å². The van der Waals surface area contributed by atoms with Gasteiger partial charge in [-0.25, -0.2) is 0 Å². The van der Waals surface area contributed by atoms with Crippen LogP contribution in [0.15, 0.2) is 42.5 Å². The van der Waals surface area contributed by atoms with E-state index in [-0.39, 0.29) is 6.04 Å². The first-order valence-corrected chi connectivity index (χ1v) is 7.16. The van der Waals surface area contributed by atoms with Crippen molar-refractivity contribution in [3.05, 3.63) is 69.2 Å². The number of rotatable bonds is 4. The minimum atomic E-state index is -0.222. The highest BCUT2D eigenvalue weighted by atomic mass is 35.5. The van der Waals surface area contributed by atoms with Crippen LogP contribution >= 0.6 is 23.2 Å². The van der Waals surface area contributed by atoms with Crippen molar-refractivity contribution >= 4 is 23.2 Å². The van der Waals surface area contributed by atoms with E-state index in [1.54, 1.807) is 6.07 Å². The lowest BCUT2D eigenvalue weighted by atomic mass is 9.98. The first-order valence-electron chi connectivity index (χ1n) is 6.41. The van der Waals surface area contributed by atoms with Gasteiger partial charge in [-0.2, -0.15) is 0 Å². The molecule has 3 heteroatoms. The number of hydrogen-bond acceptors (Lipinski definition) is 1. The molecule has 0 bridgehead atoms. The Morgan fingerprint density at radius 3 is 2.32 bits per heavy atom. The first kappa shape index (κ1) is 14.4. The maximum Gasteiger partial charge on any atom is 0.0566 e. The van der Waals surface area contributed by atoms with E-state index in [0.717, 1.165) is 24.0 Å². The van der Waals surface area contributed by atoms with Crippen LogP contribution in [0.4, 0.5) is 0 Å². The van der Waals surface area contributed by atoms with Gasteiger partial charge in [0.15, 0.2) is 0 Å². The molecule has 2 aromatic carbocycles. The molecule has 2 rings (SSSR count). The monoisotopic (exact) mass is 293 g/mol. The summed E-state index contributed by atoms with van der Waals surface area (Å²) in [6.45, 7) is 2.17. The van der Waals surface area contributed by atoms with Gasteiger partial charge in [-0.3, -0.25) is 0 Å². The molecular weight excluding hydrogens is 277 g/mol. The molecule has 0 amide bonds. The Morgan fingerprint density at radius 2 is 1.74 bits per heavy atom. The number of aryl methyl sites for hydroxylation is 1. The fourth-order valence-electron chi connectivity index (χ4n) is 2.11. The van der Waals surface area contributed by atoms with Crippen LogP contribution in [-0.4, -0.2) is 0 Å². The number of nitrogens with two attached hydrogens (primary N) is 1. The molecule has 0 spiro atoms. The van der Waals surface area contributed by atoms with Gasteiger partial charge in [-0.15, -0.1) is 0 Å². The zero-order chi connectivity index (χ0) is 13.8. The van der Waals surface area contributed by atoms with Crippen LogP contribution in [0, 0.1) is 0 Å². The fourth-order valence-corrected chi connectivity index (χ4v) is 2.64. The van der Waals surface area contributed by atoms with Gasteiger partial charge in [0.1, 0.15) is 0 Å². The van der Waals surface area contributed by atoms with Gasteiger partial charge >= 0.3 is 0 Å². The molecule has 0 aliphatic carbocycles. The van der Waals surface area contributed by atoms with Gasteiger partial charge in [0.05, 0.1) is 6.04 Å². The summed E-state index contributed by atoms with van der Waals surface area (Å²) in [5, 5.41) is 1.23. The molecule has 0 saturated heterocycles. The summed E-state index contributed by atoms with van der Waals surface area (Å²) in [5.74, 6) is 0. The average molecular weight is 294 g/mol. The van der Waals surface area contributed by atoms with Gasteiger partial charge in [0.25, 0.3) is 0 Å². The second-order valence-electron chi connectivity index (χ2n) is 4.64. The standard InChI is InChI=1S/C16H17Cl2N/c1-2-3-11-4-6-12(7-5-11)16(19)14-9-8-13(17)10-15(14)18/h4-10,16H,2-3,19H2,1H3. The molecule has 2 N–H and O–H groups in total. The molecule has 0 aliphatic rings. The number of hydrogen-bond donors (Lipinski definition) is 1. The summed E-state index contributed by atoms with van der Waals surface area (Å²) >= 11 is 12.1. The lowest BCUT2D eigenvalue weighted by Gasteiger charge is -2.15. The van der Waals surface area contributed by atoms with Gasteiger partial charge in [-0.05, 0) is 35.2 Å². The summed E-state index contributed by atoms with van der Waals surface area (Å²) in [7, 11) is 0. The molecule has 0 aromatic heterocycles. The van der Waals surface area contributed by atoms with Crippen LogP contribution in [0.3, 0.4) is 0 Å². The summed E-state index contributed by atoms with van der Waals surface area (Å²) in [6, 6.07) is 13.6. The normalized spacial score (nSPS) is 12.4. The van der Waals surface area contributed by atoms with Gasteiger partial charge < -0.3 is 5.73 Å². The van der Waals surface area contributed by atoms with Gasteiger partial charge in [0.2, 0.25) is 0 Å². The summed E-state index contributed by atoms with van der Waals surface area (Å²) < 4.78 is 0. The van der Waals surface area contributed by atoms with E-state index in [2.05, 4.69) is 31.2 Å². The van der Waals surface area contributed by atoms with E-state index in [4.69, 9.17) is 28.9 Å². The Balaban J connectivity index is 2.25. The first-order chi connectivity index (χ1) is 9.11. The van der Waals surface area contributed by atoms with Crippen LogP contribution in [0.5, 0.6) is 0 Å². The van der Waals surface area contributed by atoms with Crippen LogP contribution in [0.1, 0.15) is 36.1 Å². The third-order valence-electron chi connectivity index (χ3n) is 3.18. The Morgan fingerprint density at radius 1 is 1.05 bits per heavy atom. The van der Waals surface area contributed by atoms with E-state index in [9.17, 15) is 0 Å². The lowest BCUT2D eigenvalue weighted by molar-refractivity contribution is 0.865. The second kappa shape index (κ2) is 6.42. The Hall–Kier alpha value is -1.02. The second-order valence-corrected chi connectivity index (χ2v) is 5.48. The van der Waals surface area contributed by atoms with Crippen molar-refractivity contribution < 1.29 is 0 Å². The van der Waals surface area contributed by atoms with Crippen molar-refractivity contribution in [1.29, 1.82) is 0 Å². The quantitative estimate of drug-likeness (QED) is 0.844. The Kier molecular flexibility index (Phi) is 4.87. The highest BCUT2D eigenvalue weighted by molar-refractivity contribution is 6.35. The van der Waals surface area contributed by atoms with Crippen LogP contribution in [0.25, 0.3) is 0 Å². The van der Waals surface area contributed by atoms with E-state index in [1.165, 1.54) is 5.56 Å². The summed E-state index contributed by atoms with van der Waals surface area (Å²) in [6.07, 6.45) is 2.24. The maximum atomic E-state index is 6.26. The molecule has 0 aliphatic heterocycles. The van der Waals surface area contributed by atoms with Crippen LogP contribution in [-0.2, 0) is 6.42 Å². The molecule has 19 heavy (non-hydrogen) atoms. The van der Waals surface area contributed by atoms with E-state index >= 15 is 0 Å². The van der Waals surface area contributed by atoms with Crippen molar-refractivity contribution in [2.24, 2.45) is 5.73 Å². The molecular formula is C16H17Cl2N. The van der Waals surface area contributed by atoms with Crippen molar-refractivity contribution in [2.75, 3.05) is 0 Å². The third-order valence-corrected chi connectivity index (χ3v) is 3.74. The molecule has 0 fully saturated rings. The molecule has 100 valence electrons. The smallest absolute Gasteiger partial charge is 0.0566 e. The van der Waals surface area contributed by atoms with Gasteiger partial charge in [-0.1, -0.05) is 66.9 Å². The highest BCUT2D eigenvalue weighted by Crippen LogP contribution is 2.29. The molecule has 1 nitrogen and oxygen atoms in total. The van der Waals surface area contributed by atoms with Crippen molar-refractivity contribution in [1.82, 2.24) is 0 Å². The molecule has 1 unspecified atom stereocenters. The molecule has 2 aromatic rings. The predicted molar refractivity (Wildman–Crippen MR) is 82.9 cm³/mol. The Bertz CT molecular complexity index is 549. The highest BCUT2D eigenvalue weighted by Gasteiger charge is 2.12. The zero-order valence-electron chi connectivity index (χ0n) is 10.9. The summed E-state index contributed by atoms with van der Waals surface area (Å²) in [5.41, 5.74) is 9.55. The van der Waals surface area contributed by atoms with Crippen molar-refractivity contribution in [2.45, 2.75) is 25.8 Å². The third kappa shape index (κ3) is 3.50. The van der Waals surface area contributed by atoms with Crippen LogP contribution in [0.2, 0.25) is 10.0 Å². The molecule has 0 radical (unpaired) electrons. The zero-order valence-corrected chi connectivity index (χ0v) is 12.4.